The van der Waals surface area contributed by atoms with Crippen molar-refractivity contribution in [3.8, 4) is 5.69 Å². The van der Waals surface area contributed by atoms with E-state index < -0.39 is 5.91 Å². The summed E-state index contributed by atoms with van der Waals surface area (Å²) in [4.78, 5) is 26.2. The second kappa shape index (κ2) is 7.46. The van der Waals surface area contributed by atoms with Gasteiger partial charge in [0, 0.05) is 31.7 Å². The lowest BCUT2D eigenvalue weighted by Crippen LogP contribution is -2.52. The number of amides is 2. The Labute approximate surface area is 146 Å². The molecule has 2 heterocycles. The van der Waals surface area contributed by atoms with Crippen LogP contribution in [-0.4, -0.2) is 52.2 Å². The first-order chi connectivity index (χ1) is 11.1. The number of aromatic nitrogens is 2. The second-order valence-electron chi connectivity index (χ2n) is 5.58. The van der Waals surface area contributed by atoms with Crippen LogP contribution in [0.5, 0.6) is 0 Å². The molecule has 2 amide bonds. The van der Waals surface area contributed by atoms with Gasteiger partial charge in [0.2, 0.25) is 0 Å². The fourth-order valence-electron chi connectivity index (χ4n) is 2.72. The van der Waals surface area contributed by atoms with Crippen LogP contribution in [0, 0.1) is 0 Å². The van der Waals surface area contributed by atoms with Gasteiger partial charge in [0.05, 0.1) is 5.69 Å². The summed E-state index contributed by atoms with van der Waals surface area (Å²) in [5.41, 5.74) is 6.55. The average Bonchev–Trinajstić information content (AvgIpc) is 3.01. The number of halogens is 1. The first-order valence-corrected chi connectivity index (χ1v) is 7.55. The number of para-hydroxylation sites is 1. The largest absolute Gasteiger partial charge is 0.364 e. The van der Waals surface area contributed by atoms with Crippen molar-refractivity contribution in [1.82, 2.24) is 20.0 Å². The lowest BCUT2D eigenvalue weighted by molar-refractivity contribution is 0.0649. The number of primary amides is 1. The van der Waals surface area contributed by atoms with Crippen molar-refractivity contribution in [2.45, 2.75) is 13.0 Å². The molecule has 1 aromatic heterocycles. The number of rotatable bonds is 3. The van der Waals surface area contributed by atoms with Crippen molar-refractivity contribution in [2.75, 3.05) is 19.6 Å². The number of carbonyl (C=O) groups excluding carboxylic acids is 2. The molecule has 1 fully saturated rings. The molecule has 1 atom stereocenters. The van der Waals surface area contributed by atoms with E-state index in [2.05, 4.69) is 10.4 Å². The summed E-state index contributed by atoms with van der Waals surface area (Å²) in [6.07, 6.45) is 0. The molecule has 8 heteroatoms. The first-order valence-electron chi connectivity index (χ1n) is 7.55. The molecule has 1 aliphatic rings. The molecule has 0 spiro atoms. The molecule has 0 radical (unpaired) electrons. The third-order valence-electron chi connectivity index (χ3n) is 3.94. The van der Waals surface area contributed by atoms with Crippen LogP contribution in [0.2, 0.25) is 0 Å². The summed E-state index contributed by atoms with van der Waals surface area (Å²) in [6, 6.07) is 10.7. The van der Waals surface area contributed by atoms with Gasteiger partial charge in [-0.15, -0.1) is 12.4 Å². The van der Waals surface area contributed by atoms with E-state index in [1.807, 2.05) is 25.1 Å². The van der Waals surface area contributed by atoms with E-state index >= 15 is 0 Å². The fourth-order valence-corrected chi connectivity index (χ4v) is 2.72. The molecular formula is C16H20ClN5O2. The van der Waals surface area contributed by atoms with Crippen LogP contribution in [-0.2, 0) is 0 Å². The van der Waals surface area contributed by atoms with E-state index in [4.69, 9.17) is 5.73 Å². The predicted octanol–water partition coefficient (Wildman–Crippen LogP) is 0.827. The van der Waals surface area contributed by atoms with Gasteiger partial charge in [-0.05, 0) is 19.1 Å². The Morgan fingerprint density at radius 3 is 2.62 bits per heavy atom. The number of carbonyl (C=O) groups is 2. The summed E-state index contributed by atoms with van der Waals surface area (Å²) in [7, 11) is 0. The van der Waals surface area contributed by atoms with Crippen LogP contribution < -0.4 is 11.1 Å². The van der Waals surface area contributed by atoms with E-state index in [1.54, 1.807) is 17.0 Å². The van der Waals surface area contributed by atoms with Crippen molar-refractivity contribution >= 4 is 24.2 Å². The minimum absolute atomic E-state index is 0. The summed E-state index contributed by atoms with van der Waals surface area (Å²) in [6.45, 7) is 4.09. The molecule has 0 aliphatic carbocycles. The van der Waals surface area contributed by atoms with E-state index in [0.717, 1.165) is 13.1 Å². The Morgan fingerprint density at radius 1 is 1.29 bits per heavy atom. The average molecular weight is 350 g/mol. The van der Waals surface area contributed by atoms with Crippen LogP contribution >= 0.6 is 12.4 Å². The quantitative estimate of drug-likeness (QED) is 0.858. The maximum atomic E-state index is 12.7. The summed E-state index contributed by atoms with van der Waals surface area (Å²) in [5.74, 6) is -0.801. The van der Waals surface area contributed by atoms with Crippen LogP contribution in [0.15, 0.2) is 36.4 Å². The van der Waals surface area contributed by atoms with Crippen LogP contribution in [0.1, 0.15) is 27.9 Å². The maximum absolute atomic E-state index is 12.7. The van der Waals surface area contributed by atoms with Gasteiger partial charge in [-0.25, -0.2) is 4.68 Å². The highest BCUT2D eigenvalue weighted by atomic mass is 35.5. The molecule has 2 aromatic rings. The highest BCUT2D eigenvalue weighted by molar-refractivity contribution is 5.97. The van der Waals surface area contributed by atoms with E-state index in [1.165, 1.54) is 10.7 Å². The Hall–Kier alpha value is -2.38. The monoisotopic (exact) mass is 349 g/mol. The Morgan fingerprint density at radius 2 is 2.00 bits per heavy atom. The standard InChI is InChI=1S/C16H19N5O2.ClH/c1-11-10-18-7-8-20(11)16(23)13-9-14(15(17)22)21(19-13)12-5-3-2-4-6-12;/h2-6,9,11,18H,7-8,10H2,1H3,(H2,17,22);1H/t11-;/m0./s1. The molecule has 128 valence electrons. The van der Waals surface area contributed by atoms with Gasteiger partial charge in [0.15, 0.2) is 5.69 Å². The normalized spacial score (nSPS) is 17.2. The zero-order valence-electron chi connectivity index (χ0n) is 13.3. The molecule has 0 saturated carbocycles. The van der Waals surface area contributed by atoms with Crippen molar-refractivity contribution in [1.29, 1.82) is 0 Å². The third kappa shape index (κ3) is 3.42. The zero-order valence-corrected chi connectivity index (χ0v) is 14.1. The van der Waals surface area contributed by atoms with Gasteiger partial charge < -0.3 is 16.0 Å². The number of nitrogens with one attached hydrogen (secondary N) is 1. The van der Waals surface area contributed by atoms with Gasteiger partial charge in [-0.1, -0.05) is 18.2 Å². The molecule has 1 saturated heterocycles. The van der Waals surface area contributed by atoms with E-state index in [-0.39, 0.29) is 35.7 Å². The molecule has 1 aromatic carbocycles. The molecule has 7 nitrogen and oxygen atoms in total. The second-order valence-corrected chi connectivity index (χ2v) is 5.58. The number of hydrogen-bond donors (Lipinski definition) is 2. The Balaban J connectivity index is 0.00000208. The SMILES string of the molecule is C[C@H]1CNCCN1C(=O)c1cc(C(N)=O)n(-c2ccccc2)n1.Cl. The zero-order chi connectivity index (χ0) is 16.4. The molecule has 24 heavy (non-hydrogen) atoms. The number of benzene rings is 1. The van der Waals surface area contributed by atoms with Gasteiger partial charge >= 0.3 is 0 Å². The molecule has 0 bridgehead atoms. The lowest BCUT2D eigenvalue weighted by atomic mass is 10.2. The Kier molecular flexibility index (Phi) is 5.58. The van der Waals surface area contributed by atoms with Crippen molar-refractivity contribution in [2.24, 2.45) is 5.73 Å². The predicted molar refractivity (Wildman–Crippen MR) is 92.7 cm³/mol. The summed E-state index contributed by atoms with van der Waals surface area (Å²) >= 11 is 0. The molecular weight excluding hydrogens is 330 g/mol. The summed E-state index contributed by atoms with van der Waals surface area (Å²) < 4.78 is 1.42. The fraction of sp³-hybridized carbons (Fsp3) is 0.312. The molecule has 3 N–H and O–H groups in total. The first kappa shape index (κ1) is 18.0. The van der Waals surface area contributed by atoms with Crippen LogP contribution in [0.25, 0.3) is 5.69 Å². The minimum Gasteiger partial charge on any atom is -0.364 e. The number of piperazine rings is 1. The van der Waals surface area contributed by atoms with Gasteiger partial charge in [0.25, 0.3) is 11.8 Å². The smallest absolute Gasteiger partial charge is 0.274 e. The maximum Gasteiger partial charge on any atom is 0.274 e. The minimum atomic E-state index is -0.617. The van der Waals surface area contributed by atoms with E-state index in [9.17, 15) is 9.59 Å². The van der Waals surface area contributed by atoms with E-state index in [0.29, 0.717) is 12.2 Å². The van der Waals surface area contributed by atoms with Crippen molar-refractivity contribution < 1.29 is 9.59 Å². The molecule has 1 aliphatic heterocycles. The van der Waals surface area contributed by atoms with Gasteiger partial charge in [-0.3, -0.25) is 9.59 Å². The van der Waals surface area contributed by atoms with Crippen LogP contribution in [0.4, 0.5) is 0 Å². The highest BCUT2D eigenvalue weighted by Gasteiger charge is 2.27. The van der Waals surface area contributed by atoms with Crippen molar-refractivity contribution in [3.05, 3.63) is 47.8 Å². The summed E-state index contributed by atoms with van der Waals surface area (Å²) in [5, 5.41) is 7.55. The lowest BCUT2D eigenvalue weighted by Gasteiger charge is -2.33. The number of hydrogen-bond acceptors (Lipinski definition) is 4. The highest BCUT2D eigenvalue weighted by Crippen LogP contribution is 2.15. The third-order valence-corrected chi connectivity index (χ3v) is 3.94. The topological polar surface area (TPSA) is 93.3 Å². The van der Waals surface area contributed by atoms with Crippen molar-refractivity contribution in [3.63, 3.8) is 0 Å². The Bertz CT molecular complexity index is 731. The molecule has 3 rings (SSSR count). The van der Waals surface area contributed by atoms with Crippen LogP contribution in [0.3, 0.4) is 0 Å². The number of nitrogens with zero attached hydrogens (tertiary/aromatic N) is 3. The molecule has 0 unspecified atom stereocenters. The number of nitrogens with two attached hydrogens (primary N) is 1. The van der Waals surface area contributed by atoms with Gasteiger partial charge in [0.1, 0.15) is 5.69 Å². The van der Waals surface area contributed by atoms with Gasteiger partial charge in [-0.2, -0.15) is 5.10 Å².